The Morgan fingerprint density at radius 3 is 2.32 bits per heavy atom. The van der Waals surface area contributed by atoms with Gasteiger partial charge in [-0.2, -0.15) is 0 Å². The zero-order valence-electron chi connectivity index (χ0n) is 9.41. The number of hydrogen-bond acceptors (Lipinski definition) is 4. The van der Waals surface area contributed by atoms with Gasteiger partial charge in [-0.05, 0) is 24.3 Å². The average Bonchev–Trinajstić information content (AvgIpc) is 2.41. The van der Waals surface area contributed by atoms with Gasteiger partial charge in [0.2, 0.25) is 16.2 Å². The lowest BCUT2D eigenvalue weighted by molar-refractivity contribution is 0.102. The number of carbonyl (C=O) groups excluding carboxylic acids is 1. The Labute approximate surface area is 110 Å². The maximum absolute atomic E-state index is 12.7. The molecule has 1 aromatic heterocycles. The van der Waals surface area contributed by atoms with Crippen molar-refractivity contribution in [2.24, 2.45) is 0 Å². The molecule has 1 atom stereocenters. The van der Waals surface area contributed by atoms with Crippen LogP contribution in [0.4, 0.5) is 10.1 Å². The van der Waals surface area contributed by atoms with Gasteiger partial charge in [0.1, 0.15) is 5.82 Å². The highest BCUT2D eigenvalue weighted by Gasteiger charge is 2.09. The highest BCUT2D eigenvalue weighted by molar-refractivity contribution is 7.79. The van der Waals surface area contributed by atoms with Crippen molar-refractivity contribution < 1.29 is 17.9 Å². The third-order valence-corrected chi connectivity index (χ3v) is 2.67. The van der Waals surface area contributed by atoms with E-state index in [-0.39, 0.29) is 10.7 Å². The molecular weight excluding hydrogens is 273 g/mol. The van der Waals surface area contributed by atoms with Crippen LogP contribution in [0.3, 0.4) is 0 Å². The minimum atomic E-state index is -2.29. The number of anilines is 1. The Hall–Kier alpha value is -2.19. The van der Waals surface area contributed by atoms with Crippen molar-refractivity contribution in [3.63, 3.8) is 0 Å². The fourth-order valence-electron chi connectivity index (χ4n) is 1.26. The SMILES string of the molecule is O=C(Nc1ccc(F)cc1)c1cnc(S(=O)O)nc1. The fourth-order valence-corrected chi connectivity index (χ4v) is 1.55. The molecule has 0 saturated carbocycles. The van der Waals surface area contributed by atoms with Gasteiger partial charge in [0.15, 0.2) is 0 Å². The molecule has 0 fully saturated rings. The fraction of sp³-hybridized carbons (Fsp3) is 0. The number of nitrogens with one attached hydrogen (secondary N) is 1. The van der Waals surface area contributed by atoms with Gasteiger partial charge in [0, 0.05) is 18.1 Å². The predicted octanol–water partition coefficient (Wildman–Crippen LogP) is 1.45. The largest absolute Gasteiger partial charge is 0.322 e. The van der Waals surface area contributed by atoms with Crippen LogP contribution in [0.25, 0.3) is 0 Å². The number of halogens is 1. The maximum atomic E-state index is 12.7. The summed E-state index contributed by atoms with van der Waals surface area (Å²) in [6, 6.07) is 5.24. The summed E-state index contributed by atoms with van der Waals surface area (Å²) >= 11 is -2.29. The van der Waals surface area contributed by atoms with E-state index in [9.17, 15) is 13.4 Å². The van der Waals surface area contributed by atoms with Crippen molar-refractivity contribution in [3.8, 4) is 0 Å². The van der Waals surface area contributed by atoms with Crippen molar-refractivity contribution >= 4 is 22.7 Å². The van der Waals surface area contributed by atoms with Crippen LogP contribution in [0, 0.1) is 5.82 Å². The molecule has 0 radical (unpaired) electrons. The number of amides is 1. The zero-order chi connectivity index (χ0) is 13.8. The molecular formula is C11H8FN3O3S. The second kappa shape index (κ2) is 5.63. The monoisotopic (exact) mass is 281 g/mol. The van der Waals surface area contributed by atoms with Crippen LogP contribution in [0.5, 0.6) is 0 Å². The van der Waals surface area contributed by atoms with Crippen molar-refractivity contribution in [2.45, 2.75) is 5.16 Å². The lowest BCUT2D eigenvalue weighted by atomic mass is 10.2. The van der Waals surface area contributed by atoms with E-state index in [0.29, 0.717) is 5.69 Å². The normalized spacial score (nSPS) is 11.9. The van der Waals surface area contributed by atoms with Crippen LogP contribution in [0.2, 0.25) is 0 Å². The van der Waals surface area contributed by atoms with Gasteiger partial charge in [-0.25, -0.2) is 18.6 Å². The number of benzene rings is 1. The van der Waals surface area contributed by atoms with Crippen molar-refractivity contribution in [3.05, 3.63) is 48.0 Å². The Balaban J connectivity index is 2.11. The molecule has 0 spiro atoms. The van der Waals surface area contributed by atoms with Crippen molar-refractivity contribution in [2.75, 3.05) is 5.32 Å². The first-order valence-corrected chi connectivity index (χ1v) is 6.17. The van der Waals surface area contributed by atoms with Gasteiger partial charge < -0.3 is 5.32 Å². The Bertz CT molecular complexity index is 616. The smallest absolute Gasteiger partial charge is 0.258 e. The first-order chi connectivity index (χ1) is 9.06. The standard InChI is InChI=1S/C11H8FN3O3S/c12-8-1-3-9(4-2-8)15-10(16)7-5-13-11(14-6-7)19(17)18/h1-6H,(H,15,16)(H,17,18). The lowest BCUT2D eigenvalue weighted by Crippen LogP contribution is -2.13. The molecule has 2 aromatic rings. The van der Waals surface area contributed by atoms with Gasteiger partial charge in [-0.15, -0.1) is 0 Å². The van der Waals surface area contributed by atoms with E-state index < -0.39 is 22.8 Å². The summed E-state index contributed by atoms with van der Waals surface area (Å²) in [4.78, 5) is 18.9. The molecule has 0 aliphatic heterocycles. The van der Waals surface area contributed by atoms with Crippen LogP contribution in [0.15, 0.2) is 41.8 Å². The summed E-state index contributed by atoms with van der Waals surface area (Å²) in [6.45, 7) is 0. The van der Waals surface area contributed by atoms with E-state index in [0.717, 1.165) is 12.4 Å². The van der Waals surface area contributed by atoms with Gasteiger partial charge in [-0.3, -0.25) is 9.35 Å². The van der Waals surface area contributed by atoms with Gasteiger partial charge >= 0.3 is 0 Å². The molecule has 0 bridgehead atoms. The van der Waals surface area contributed by atoms with E-state index in [1.807, 2.05) is 0 Å². The molecule has 1 aromatic carbocycles. The molecule has 98 valence electrons. The predicted molar refractivity (Wildman–Crippen MR) is 65.4 cm³/mol. The number of aromatic nitrogens is 2. The zero-order valence-corrected chi connectivity index (χ0v) is 10.2. The molecule has 6 nitrogen and oxygen atoms in total. The second-order valence-corrected chi connectivity index (χ2v) is 4.33. The summed E-state index contributed by atoms with van der Waals surface area (Å²) in [5, 5.41) is 2.23. The Kier molecular flexibility index (Phi) is 3.93. The minimum Gasteiger partial charge on any atom is -0.322 e. The minimum absolute atomic E-state index is 0.124. The first kappa shape index (κ1) is 13.2. The number of carbonyl (C=O) groups is 1. The molecule has 2 rings (SSSR count). The highest BCUT2D eigenvalue weighted by atomic mass is 32.2. The van der Waals surface area contributed by atoms with Gasteiger partial charge in [0.25, 0.3) is 5.91 Å². The highest BCUT2D eigenvalue weighted by Crippen LogP contribution is 2.10. The molecule has 0 aliphatic rings. The lowest BCUT2D eigenvalue weighted by Gasteiger charge is -2.04. The van der Waals surface area contributed by atoms with Crippen LogP contribution in [-0.4, -0.2) is 24.6 Å². The van der Waals surface area contributed by atoms with Crippen molar-refractivity contribution in [1.29, 1.82) is 0 Å². The van der Waals surface area contributed by atoms with Gasteiger partial charge in [-0.1, -0.05) is 0 Å². The molecule has 1 amide bonds. The van der Waals surface area contributed by atoms with Crippen LogP contribution in [0.1, 0.15) is 10.4 Å². The van der Waals surface area contributed by atoms with Crippen LogP contribution >= 0.6 is 0 Å². The first-order valence-electron chi connectivity index (χ1n) is 5.06. The summed E-state index contributed by atoms with van der Waals surface area (Å²) in [7, 11) is 0. The third kappa shape index (κ3) is 3.39. The summed E-state index contributed by atoms with van der Waals surface area (Å²) in [5.41, 5.74) is 0.541. The maximum Gasteiger partial charge on any atom is 0.258 e. The number of hydrogen-bond donors (Lipinski definition) is 2. The number of rotatable bonds is 3. The van der Waals surface area contributed by atoms with E-state index in [1.165, 1.54) is 24.3 Å². The van der Waals surface area contributed by atoms with Crippen molar-refractivity contribution in [1.82, 2.24) is 9.97 Å². The van der Waals surface area contributed by atoms with E-state index in [4.69, 9.17) is 4.55 Å². The molecule has 2 N–H and O–H groups in total. The summed E-state index contributed by atoms with van der Waals surface area (Å²) in [5.74, 6) is -0.905. The van der Waals surface area contributed by atoms with Gasteiger partial charge in [0.05, 0.1) is 5.56 Å². The quantitative estimate of drug-likeness (QED) is 0.656. The Morgan fingerprint density at radius 1 is 1.21 bits per heavy atom. The third-order valence-electron chi connectivity index (χ3n) is 2.15. The second-order valence-electron chi connectivity index (χ2n) is 3.46. The molecule has 19 heavy (non-hydrogen) atoms. The van der Waals surface area contributed by atoms with E-state index in [2.05, 4.69) is 15.3 Å². The molecule has 0 saturated heterocycles. The van der Waals surface area contributed by atoms with Crippen LogP contribution in [-0.2, 0) is 11.1 Å². The summed E-state index contributed by atoms with van der Waals surface area (Å²) < 4.78 is 32.1. The topological polar surface area (TPSA) is 92.2 Å². The molecule has 1 heterocycles. The molecule has 1 unspecified atom stereocenters. The van der Waals surface area contributed by atoms with Crippen LogP contribution < -0.4 is 5.32 Å². The number of nitrogens with zero attached hydrogens (tertiary/aromatic N) is 2. The Morgan fingerprint density at radius 2 is 1.79 bits per heavy atom. The average molecular weight is 281 g/mol. The molecule has 0 aliphatic carbocycles. The van der Waals surface area contributed by atoms with E-state index >= 15 is 0 Å². The molecule has 8 heteroatoms. The van der Waals surface area contributed by atoms with E-state index in [1.54, 1.807) is 0 Å². The summed E-state index contributed by atoms with van der Waals surface area (Å²) in [6.07, 6.45) is 2.27.